The van der Waals surface area contributed by atoms with Gasteiger partial charge in [0.05, 0.1) is 0 Å². The van der Waals surface area contributed by atoms with Crippen LogP contribution >= 0.6 is 0 Å². The first kappa shape index (κ1) is 14.3. The molecule has 2 aliphatic heterocycles. The lowest BCUT2D eigenvalue weighted by atomic mass is 9.74. The van der Waals surface area contributed by atoms with E-state index in [1.54, 1.807) is 0 Å². The van der Waals surface area contributed by atoms with Crippen LogP contribution in [0.2, 0.25) is 0 Å². The Kier molecular flexibility index (Phi) is 5.08. The van der Waals surface area contributed by atoms with E-state index in [0.29, 0.717) is 5.41 Å². The Hall–Kier alpha value is -0.0800. The van der Waals surface area contributed by atoms with Gasteiger partial charge >= 0.3 is 0 Å². The number of hydrogen-bond acceptors (Lipinski definition) is 2. The van der Waals surface area contributed by atoms with Gasteiger partial charge in [-0.1, -0.05) is 19.8 Å². The van der Waals surface area contributed by atoms with Crippen molar-refractivity contribution in [3.8, 4) is 0 Å². The van der Waals surface area contributed by atoms with Crippen molar-refractivity contribution in [2.24, 2.45) is 5.41 Å². The van der Waals surface area contributed by atoms with Gasteiger partial charge in [0.25, 0.3) is 0 Å². The van der Waals surface area contributed by atoms with Gasteiger partial charge in [0, 0.05) is 18.6 Å². The summed E-state index contributed by atoms with van der Waals surface area (Å²) < 4.78 is 0. The fourth-order valence-electron chi connectivity index (χ4n) is 4.15. The largest absolute Gasteiger partial charge is 0.317 e. The van der Waals surface area contributed by atoms with Crippen LogP contribution in [0.15, 0.2) is 0 Å². The normalized spacial score (nSPS) is 33.5. The number of nitrogens with zero attached hydrogens (tertiary/aromatic N) is 1. The summed E-state index contributed by atoms with van der Waals surface area (Å²) in [5.74, 6) is 0. The van der Waals surface area contributed by atoms with Gasteiger partial charge in [-0.15, -0.1) is 0 Å². The molecule has 0 bridgehead atoms. The Bertz CT molecular complexity index is 230. The third-order valence-electron chi connectivity index (χ3n) is 5.34. The number of piperidine rings is 2. The van der Waals surface area contributed by atoms with Crippen LogP contribution in [0.25, 0.3) is 0 Å². The maximum absolute atomic E-state index is 3.54. The number of hydrogen-bond donors (Lipinski definition) is 1. The first-order valence-corrected chi connectivity index (χ1v) is 8.13. The van der Waals surface area contributed by atoms with Gasteiger partial charge in [0.1, 0.15) is 0 Å². The number of rotatable bonds is 4. The molecule has 2 heterocycles. The zero-order valence-corrected chi connectivity index (χ0v) is 12.7. The Labute approximate surface area is 114 Å². The zero-order chi connectivity index (χ0) is 13.0. The minimum Gasteiger partial charge on any atom is -0.317 e. The average Bonchev–Trinajstić information content (AvgIpc) is 2.36. The van der Waals surface area contributed by atoms with Crippen molar-refractivity contribution in [3.63, 3.8) is 0 Å². The van der Waals surface area contributed by atoms with Crippen molar-refractivity contribution in [1.29, 1.82) is 0 Å². The van der Waals surface area contributed by atoms with Gasteiger partial charge in [0.15, 0.2) is 0 Å². The molecule has 0 aromatic heterocycles. The predicted octanol–water partition coefficient (Wildman–Crippen LogP) is 3.42. The molecule has 0 amide bonds. The van der Waals surface area contributed by atoms with Crippen molar-refractivity contribution in [2.75, 3.05) is 19.6 Å². The third-order valence-corrected chi connectivity index (χ3v) is 5.34. The highest BCUT2D eigenvalue weighted by molar-refractivity contribution is 4.91. The van der Waals surface area contributed by atoms with E-state index in [0.717, 1.165) is 12.1 Å². The molecule has 18 heavy (non-hydrogen) atoms. The van der Waals surface area contributed by atoms with Crippen molar-refractivity contribution >= 4 is 0 Å². The third kappa shape index (κ3) is 3.27. The van der Waals surface area contributed by atoms with E-state index in [-0.39, 0.29) is 0 Å². The highest BCUT2D eigenvalue weighted by atomic mass is 15.2. The summed E-state index contributed by atoms with van der Waals surface area (Å²) >= 11 is 0. The first-order chi connectivity index (χ1) is 8.67. The van der Waals surface area contributed by atoms with Crippen LogP contribution in [0.4, 0.5) is 0 Å². The molecule has 2 fully saturated rings. The summed E-state index contributed by atoms with van der Waals surface area (Å²) in [6, 6.07) is 1.61. The second-order valence-corrected chi connectivity index (χ2v) is 6.80. The molecule has 0 aromatic carbocycles. The molecule has 2 heteroatoms. The Morgan fingerprint density at radius 1 is 1.11 bits per heavy atom. The minimum atomic E-state index is 0.611. The fraction of sp³-hybridized carbons (Fsp3) is 1.00. The van der Waals surface area contributed by atoms with Gasteiger partial charge in [-0.3, -0.25) is 4.90 Å². The number of nitrogens with one attached hydrogen (secondary N) is 1. The second-order valence-electron chi connectivity index (χ2n) is 6.80. The van der Waals surface area contributed by atoms with Crippen LogP contribution in [0.5, 0.6) is 0 Å². The summed E-state index contributed by atoms with van der Waals surface area (Å²) in [5, 5.41) is 3.54. The highest BCUT2D eigenvalue weighted by Crippen LogP contribution is 2.37. The highest BCUT2D eigenvalue weighted by Gasteiger charge is 2.36. The van der Waals surface area contributed by atoms with Crippen molar-refractivity contribution in [3.05, 3.63) is 0 Å². The molecule has 2 rings (SSSR count). The maximum atomic E-state index is 3.54. The van der Waals surface area contributed by atoms with Gasteiger partial charge in [-0.2, -0.15) is 0 Å². The molecule has 0 spiro atoms. The summed E-state index contributed by atoms with van der Waals surface area (Å²) in [5.41, 5.74) is 0.611. The summed E-state index contributed by atoms with van der Waals surface area (Å²) in [7, 11) is 0. The lowest BCUT2D eigenvalue weighted by Crippen LogP contribution is -2.51. The smallest absolute Gasteiger partial charge is 0.00699 e. The lowest BCUT2D eigenvalue weighted by Gasteiger charge is -2.47. The molecule has 1 N–H and O–H groups in total. The second kappa shape index (κ2) is 6.38. The summed E-state index contributed by atoms with van der Waals surface area (Å²) in [6.07, 6.45) is 9.78. The standard InChI is InChI=1S/C16H32N2/c1-4-8-16(9-11-17-12-10-16)13-18-14(2)6-5-7-15(18)3/h14-15,17H,4-13H2,1-3H3/t14-,15+. The lowest BCUT2D eigenvalue weighted by molar-refractivity contribution is 0.0276. The molecular weight excluding hydrogens is 220 g/mol. The van der Waals surface area contributed by atoms with Crippen LogP contribution < -0.4 is 5.32 Å². The van der Waals surface area contributed by atoms with E-state index in [9.17, 15) is 0 Å². The molecule has 2 nitrogen and oxygen atoms in total. The molecule has 0 unspecified atom stereocenters. The molecule has 0 aliphatic carbocycles. The van der Waals surface area contributed by atoms with Gasteiger partial charge in [-0.25, -0.2) is 0 Å². The molecule has 2 atom stereocenters. The summed E-state index contributed by atoms with van der Waals surface area (Å²) in [4.78, 5) is 2.82. The average molecular weight is 252 g/mol. The van der Waals surface area contributed by atoms with E-state index in [4.69, 9.17) is 0 Å². The molecule has 0 aromatic rings. The predicted molar refractivity (Wildman–Crippen MR) is 78.9 cm³/mol. The van der Waals surface area contributed by atoms with E-state index < -0.39 is 0 Å². The molecular formula is C16H32N2. The van der Waals surface area contributed by atoms with Crippen LogP contribution in [-0.4, -0.2) is 36.6 Å². The monoisotopic (exact) mass is 252 g/mol. The molecule has 2 saturated heterocycles. The van der Waals surface area contributed by atoms with Gasteiger partial charge in [0.2, 0.25) is 0 Å². The zero-order valence-electron chi connectivity index (χ0n) is 12.7. The SMILES string of the molecule is CCCC1(CN2[C@H](C)CCC[C@@H]2C)CCNCC1. The molecule has 106 valence electrons. The molecule has 2 aliphatic rings. The van der Waals surface area contributed by atoms with Gasteiger partial charge in [-0.05, 0) is 64.5 Å². The van der Waals surface area contributed by atoms with E-state index >= 15 is 0 Å². The quantitative estimate of drug-likeness (QED) is 0.825. The topological polar surface area (TPSA) is 15.3 Å². The van der Waals surface area contributed by atoms with Crippen molar-refractivity contribution in [1.82, 2.24) is 10.2 Å². The van der Waals surface area contributed by atoms with Crippen LogP contribution in [0, 0.1) is 5.41 Å². The van der Waals surface area contributed by atoms with Gasteiger partial charge < -0.3 is 5.32 Å². The Morgan fingerprint density at radius 3 is 2.28 bits per heavy atom. The Balaban J connectivity index is 2.02. The van der Waals surface area contributed by atoms with E-state index in [2.05, 4.69) is 31.0 Å². The van der Waals surface area contributed by atoms with E-state index in [1.165, 1.54) is 64.6 Å². The Morgan fingerprint density at radius 2 is 1.72 bits per heavy atom. The first-order valence-electron chi connectivity index (χ1n) is 8.13. The van der Waals surface area contributed by atoms with Crippen LogP contribution in [0.3, 0.4) is 0 Å². The maximum Gasteiger partial charge on any atom is 0.00699 e. The number of likely N-dealkylation sites (tertiary alicyclic amines) is 1. The summed E-state index contributed by atoms with van der Waals surface area (Å²) in [6.45, 7) is 11.1. The fourth-order valence-corrected chi connectivity index (χ4v) is 4.15. The minimum absolute atomic E-state index is 0.611. The van der Waals surface area contributed by atoms with Crippen molar-refractivity contribution in [2.45, 2.75) is 77.8 Å². The van der Waals surface area contributed by atoms with Crippen molar-refractivity contribution < 1.29 is 0 Å². The molecule has 0 radical (unpaired) electrons. The van der Waals surface area contributed by atoms with Crippen LogP contribution in [-0.2, 0) is 0 Å². The van der Waals surface area contributed by atoms with E-state index in [1.807, 2.05) is 0 Å². The molecule has 0 saturated carbocycles. The van der Waals surface area contributed by atoms with Crippen LogP contribution in [0.1, 0.15) is 65.7 Å².